The van der Waals surface area contributed by atoms with E-state index in [1.807, 2.05) is 0 Å². The van der Waals surface area contributed by atoms with Crippen LogP contribution in [0.15, 0.2) is 72.8 Å². The molecule has 0 radical (unpaired) electrons. The van der Waals surface area contributed by atoms with Crippen molar-refractivity contribution in [1.82, 2.24) is 5.32 Å². The molecule has 8 nitrogen and oxygen atoms in total. The van der Waals surface area contributed by atoms with Gasteiger partial charge in [-0.05, 0) is 32.0 Å². The fraction of sp³-hybridized carbons (Fsp3) is 0.179. The van der Waals surface area contributed by atoms with Gasteiger partial charge in [0.1, 0.15) is 0 Å². The van der Waals surface area contributed by atoms with Crippen molar-refractivity contribution in [1.29, 1.82) is 0 Å². The first-order chi connectivity index (χ1) is 17.3. The first-order valence-corrected chi connectivity index (χ1v) is 11.4. The quantitative estimate of drug-likeness (QED) is 0.388. The molecule has 4 rings (SSSR count). The molecule has 0 aliphatic heterocycles. The van der Waals surface area contributed by atoms with E-state index in [2.05, 4.69) is 10.6 Å². The van der Waals surface area contributed by atoms with E-state index in [1.165, 1.54) is 19.1 Å². The van der Waals surface area contributed by atoms with Gasteiger partial charge >= 0.3 is 5.97 Å². The summed E-state index contributed by atoms with van der Waals surface area (Å²) in [6.07, 6.45) is -1.31. The lowest BCUT2D eigenvalue weighted by molar-refractivity contribution is -0.153. The molecular weight excluding hydrogens is 460 g/mol. The van der Waals surface area contributed by atoms with E-state index in [1.54, 1.807) is 67.6 Å². The number of hydrogen-bond acceptors (Lipinski definition) is 6. The molecule has 0 saturated carbocycles. The molecule has 1 aliphatic rings. The number of rotatable bonds is 7. The van der Waals surface area contributed by atoms with Gasteiger partial charge in [-0.25, -0.2) is 0 Å². The van der Waals surface area contributed by atoms with Crippen molar-refractivity contribution < 1.29 is 28.7 Å². The van der Waals surface area contributed by atoms with Gasteiger partial charge in [0, 0.05) is 28.3 Å². The predicted molar refractivity (Wildman–Crippen MR) is 132 cm³/mol. The molecule has 0 heterocycles. The highest BCUT2D eigenvalue weighted by molar-refractivity contribution is 6.30. The summed E-state index contributed by atoms with van der Waals surface area (Å²) in [6, 6.07) is 19.2. The van der Waals surface area contributed by atoms with Crippen LogP contribution in [0.4, 0.5) is 5.69 Å². The van der Waals surface area contributed by atoms with Crippen LogP contribution in [0.1, 0.15) is 62.5 Å². The molecule has 3 aromatic rings. The predicted octanol–water partition coefficient (Wildman–Crippen LogP) is 3.54. The van der Waals surface area contributed by atoms with Gasteiger partial charge in [-0.3, -0.25) is 24.0 Å². The van der Waals surface area contributed by atoms with E-state index >= 15 is 0 Å². The normalized spacial score (nSPS) is 13.6. The average molecular weight is 485 g/mol. The van der Waals surface area contributed by atoms with Gasteiger partial charge in [0.05, 0.1) is 17.7 Å². The molecule has 3 aromatic carbocycles. The Morgan fingerprint density at radius 2 is 1.39 bits per heavy atom. The van der Waals surface area contributed by atoms with Gasteiger partial charge in [-0.2, -0.15) is 0 Å². The van der Waals surface area contributed by atoms with Crippen LogP contribution >= 0.6 is 0 Å². The second kappa shape index (κ2) is 10.4. The van der Waals surface area contributed by atoms with Crippen LogP contribution in [-0.2, 0) is 14.3 Å². The number of hydrogen-bond donors (Lipinski definition) is 2. The highest BCUT2D eigenvalue weighted by Crippen LogP contribution is 2.32. The van der Waals surface area contributed by atoms with E-state index < -0.39 is 24.0 Å². The number of esters is 1. The van der Waals surface area contributed by atoms with Crippen molar-refractivity contribution in [3.8, 4) is 0 Å². The largest absolute Gasteiger partial charge is 0.452 e. The van der Waals surface area contributed by atoms with Crippen LogP contribution in [0.2, 0.25) is 0 Å². The zero-order valence-electron chi connectivity index (χ0n) is 19.7. The maximum Gasteiger partial charge on any atom is 0.308 e. The molecular formula is C28H24N2O6. The zero-order chi connectivity index (χ0) is 25.8. The molecule has 2 N–H and O–H groups in total. The lowest BCUT2D eigenvalue weighted by Crippen LogP contribution is -2.36. The maximum atomic E-state index is 13.1. The van der Waals surface area contributed by atoms with Gasteiger partial charge < -0.3 is 15.4 Å². The van der Waals surface area contributed by atoms with Crippen molar-refractivity contribution in [2.75, 3.05) is 5.32 Å². The summed E-state index contributed by atoms with van der Waals surface area (Å²) in [5.74, 6) is -2.33. The highest BCUT2D eigenvalue weighted by Gasteiger charge is 2.32. The van der Waals surface area contributed by atoms with Gasteiger partial charge in [-0.1, -0.05) is 54.6 Å². The van der Waals surface area contributed by atoms with Crippen LogP contribution in [0.25, 0.3) is 0 Å². The van der Waals surface area contributed by atoms with Crippen molar-refractivity contribution in [3.63, 3.8) is 0 Å². The molecule has 36 heavy (non-hydrogen) atoms. The Hall–Kier alpha value is -4.59. The second-order valence-electron chi connectivity index (χ2n) is 8.50. The molecule has 0 fully saturated rings. The van der Waals surface area contributed by atoms with Crippen molar-refractivity contribution in [2.24, 2.45) is 0 Å². The lowest BCUT2D eigenvalue weighted by atomic mass is 9.83. The topological polar surface area (TPSA) is 119 Å². The number of carbonyl (C=O) groups excluding carboxylic acids is 5. The summed E-state index contributed by atoms with van der Waals surface area (Å²) < 4.78 is 5.24. The van der Waals surface area contributed by atoms with Crippen LogP contribution < -0.4 is 10.6 Å². The van der Waals surface area contributed by atoms with E-state index in [9.17, 15) is 24.0 Å². The Kier molecular flexibility index (Phi) is 7.05. The van der Waals surface area contributed by atoms with E-state index in [0.717, 1.165) is 0 Å². The molecule has 2 amide bonds. The van der Waals surface area contributed by atoms with Crippen LogP contribution in [0, 0.1) is 0 Å². The van der Waals surface area contributed by atoms with Crippen molar-refractivity contribution in [2.45, 2.75) is 32.4 Å². The summed E-state index contributed by atoms with van der Waals surface area (Å²) in [5.41, 5.74) is 1.51. The highest BCUT2D eigenvalue weighted by atomic mass is 16.5. The Labute approximate surface area is 207 Å². The van der Waals surface area contributed by atoms with Crippen LogP contribution in [0.3, 0.4) is 0 Å². The van der Waals surface area contributed by atoms with E-state index in [4.69, 9.17) is 4.74 Å². The van der Waals surface area contributed by atoms with Gasteiger partial charge in [0.25, 0.3) is 11.8 Å². The van der Waals surface area contributed by atoms with Crippen LogP contribution in [-0.4, -0.2) is 41.5 Å². The second-order valence-corrected chi connectivity index (χ2v) is 8.50. The molecule has 182 valence electrons. The number of nitrogens with one attached hydrogen (secondary N) is 2. The number of carbonyl (C=O) groups is 5. The van der Waals surface area contributed by atoms with Gasteiger partial charge in [0.2, 0.25) is 0 Å². The number of ketones is 2. The minimum atomic E-state index is -1.17. The summed E-state index contributed by atoms with van der Waals surface area (Å²) >= 11 is 0. The van der Waals surface area contributed by atoms with Crippen molar-refractivity contribution in [3.05, 3.63) is 101 Å². The standard InChI is InChI=1S/C28H24N2O6/c1-16(29-28(35)18-9-4-3-5-10-18)15-23(31)36-17(2)27(34)30-22-14-8-13-21-24(22)26(33)20-12-7-6-11-19(20)25(21)32/h3-14,16-17H,15H2,1-2H3,(H,29,35)(H,30,34). The molecule has 0 spiro atoms. The molecule has 1 aliphatic carbocycles. The molecule has 2 unspecified atom stereocenters. The van der Waals surface area contributed by atoms with Gasteiger partial charge in [-0.15, -0.1) is 0 Å². The molecule has 0 saturated heterocycles. The smallest absolute Gasteiger partial charge is 0.308 e. The Balaban J connectivity index is 1.38. The maximum absolute atomic E-state index is 13.1. The monoisotopic (exact) mass is 484 g/mol. The number of amides is 2. The summed E-state index contributed by atoms with van der Waals surface area (Å²) in [5, 5.41) is 5.32. The fourth-order valence-electron chi connectivity index (χ4n) is 3.98. The first kappa shape index (κ1) is 24.5. The van der Waals surface area contributed by atoms with Gasteiger partial charge in [0.15, 0.2) is 17.7 Å². The Bertz CT molecular complexity index is 1370. The zero-order valence-corrected chi connectivity index (χ0v) is 19.7. The summed E-state index contributed by atoms with van der Waals surface area (Å²) in [4.78, 5) is 63.3. The number of anilines is 1. The van der Waals surface area contributed by atoms with E-state index in [0.29, 0.717) is 11.1 Å². The fourth-order valence-corrected chi connectivity index (χ4v) is 3.98. The number of ether oxygens (including phenoxy) is 1. The summed E-state index contributed by atoms with van der Waals surface area (Å²) in [6.45, 7) is 3.06. The Morgan fingerprint density at radius 3 is 2.08 bits per heavy atom. The van der Waals surface area contributed by atoms with Crippen molar-refractivity contribution >= 4 is 35.0 Å². The molecule has 8 heteroatoms. The lowest BCUT2D eigenvalue weighted by Gasteiger charge is -2.21. The molecule has 0 bridgehead atoms. The average Bonchev–Trinajstić information content (AvgIpc) is 2.87. The molecule has 0 aromatic heterocycles. The number of fused-ring (bicyclic) bond motifs is 2. The third kappa shape index (κ3) is 5.07. The SMILES string of the molecule is CC(CC(=O)OC(C)C(=O)Nc1cccc2c1C(=O)c1ccccc1C2=O)NC(=O)c1ccccc1. The third-order valence-electron chi connectivity index (χ3n) is 5.77. The van der Waals surface area contributed by atoms with Crippen LogP contribution in [0.5, 0.6) is 0 Å². The minimum absolute atomic E-state index is 0.102. The van der Waals surface area contributed by atoms with E-state index in [-0.39, 0.29) is 46.3 Å². The minimum Gasteiger partial charge on any atom is -0.452 e. The first-order valence-electron chi connectivity index (χ1n) is 11.4. The molecule has 2 atom stereocenters. The summed E-state index contributed by atoms with van der Waals surface area (Å²) in [7, 11) is 0. The number of benzene rings is 3. The third-order valence-corrected chi connectivity index (χ3v) is 5.77. The Morgan fingerprint density at radius 1 is 0.778 bits per heavy atom.